The van der Waals surface area contributed by atoms with E-state index in [0.717, 1.165) is 35.7 Å². The van der Waals surface area contributed by atoms with Crippen molar-refractivity contribution >= 4 is 57.5 Å². The number of carbonyl (C=O) groups is 4. The van der Waals surface area contributed by atoms with Crippen LogP contribution >= 0.6 is 11.8 Å². The Morgan fingerprint density at radius 3 is 2.31 bits per heavy atom. The number of carbonyl (C=O) groups excluding carboxylic acids is 4. The Labute approximate surface area is 171 Å². The number of nitrogens with zero attached hydrogens (tertiary/aromatic N) is 2. The molecule has 1 N–H and O–H groups in total. The second-order valence-electron chi connectivity index (χ2n) is 7.38. The van der Waals surface area contributed by atoms with Gasteiger partial charge < -0.3 is 4.90 Å². The van der Waals surface area contributed by atoms with Gasteiger partial charge in [0.2, 0.25) is 11.8 Å². The Morgan fingerprint density at radius 1 is 0.897 bits per heavy atom. The lowest BCUT2D eigenvalue weighted by Crippen LogP contribution is -2.43. The molecule has 0 saturated carbocycles. The Morgan fingerprint density at radius 2 is 1.59 bits per heavy atom. The predicted molar refractivity (Wildman–Crippen MR) is 112 cm³/mol. The summed E-state index contributed by atoms with van der Waals surface area (Å²) in [7, 11) is 0. The molecule has 2 fully saturated rings. The van der Waals surface area contributed by atoms with E-state index in [9.17, 15) is 19.2 Å². The van der Waals surface area contributed by atoms with Gasteiger partial charge in [-0.05, 0) is 18.6 Å². The summed E-state index contributed by atoms with van der Waals surface area (Å²) in [5, 5.41) is 3.69. The summed E-state index contributed by atoms with van der Waals surface area (Å²) < 4.78 is 0. The van der Waals surface area contributed by atoms with Gasteiger partial charge in [-0.15, -0.1) is 0 Å². The van der Waals surface area contributed by atoms with E-state index in [-0.39, 0.29) is 11.8 Å². The molecule has 7 nitrogen and oxygen atoms in total. The summed E-state index contributed by atoms with van der Waals surface area (Å²) >= 11 is 1.86. The fraction of sp³-hybridized carbons (Fsp3) is 0.333. The van der Waals surface area contributed by atoms with Gasteiger partial charge in [-0.1, -0.05) is 12.1 Å². The summed E-state index contributed by atoms with van der Waals surface area (Å²) in [6.07, 6.45) is 1.15. The van der Waals surface area contributed by atoms with Gasteiger partial charge in [0.15, 0.2) is 0 Å². The average molecular weight is 409 g/mol. The van der Waals surface area contributed by atoms with E-state index in [1.165, 1.54) is 4.90 Å². The van der Waals surface area contributed by atoms with Crippen molar-refractivity contribution in [3.8, 4) is 0 Å². The van der Waals surface area contributed by atoms with Crippen LogP contribution in [0.3, 0.4) is 0 Å². The second-order valence-corrected chi connectivity index (χ2v) is 8.60. The van der Waals surface area contributed by atoms with E-state index in [2.05, 4.69) is 10.2 Å². The van der Waals surface area contributed by atoms with Crippen molar-refractivity contribution in [3.05, 3.63) is 35.4 Å². The molecule has 8 heteroatoms. The molecule has 0 aliphatic carbocycles. The molecular weight excluding hydrogens is 390 g/mol. The van der Waals surface area contributed by atoms with E-state index < -0.39 is 11.8 Å². The van der Waals surface area contributed by atoms with Crippen molar-refractivity contribution in [1.29, 1.82) is 0 Å². The summed E-state index contributed by atoms with van der Waals surface area (Å²) in [4.78, 5) is 53.9. The third kappa shape index (κ3) is 2.81. The van der Waals surface area contributed by atoms with Crippen molar-refractivity contribution in [2.45, 2.75) is 19.3 Å². The van der Waals surface area contributed by atoms with Crippen molar-refractivity contribution in [2.75, 3.05) is 34.4 Å². The lowest BCUT2D eigenvalue weighted by atomic mass is 9.92. The van der Waals surface area contributed by atoms with Crippen LogP contribution in [0.15, 0.2) is 24.3 Å². The molecule has 4 amide bonds. The molecular formula is C21H19N3O4S. The lowest BCUT2D eigenvalue weighted by molar-refractivity contribution is -0.129. The molecule has 3 heterocycles. The molecule has 0 spiro atoms. The highest BCUT2D eigenvalue weighted by atomic mass is 32.2. The van der Waals surface area contributed by atoms with Crippen molar-refractivity contribution in [3.63, 3.8) is 0 Å². The number of amides is 4. The van der Waals surface area contributed by atoms with E-state index in [4.69, 9.17) is 0 Å². The average Bonchev–Trinajstić information content (AvgIpc) is 2.72. The van der Waals surface area contributed by atoms with Gasteiger partial charge in [0, 0.05) is 53.8 Å². The first-order valence-corrected chi connectivity index (χ1v) is 10.9. The van der Waals surface area contributed by atoms with Crippen molar-refractivity contribution < 1.29 is 19.2 Å². The van der Waals surface area contributed by atoms with Crippen LogP contribution < -0.4 is 15.1 Å². The largest absolute Gasteiger partial charge is 0.368 e. The smallest absolute Gasteiger partial charge is 0.258 e. The summed E-state index contributed by atoms with van der Waals surface area (Å²) in [5.74, 6) is 0.449. The van der Waals surface area contributed by atoms with Crippen molar-refractivity contribution in [1.82, 2.24) is 5.32 Å². The zero-order valence-corrected chi connectivity index (χ0v) is 16.5. The highest BCUT2D eigenvalue weighted by Gasteiger charge is 2.35. The minimum absolute atomic E-state index is 0.246. The quantitative estimate of drug-likeness (QED) is 0.766. The maximum Gasteiger partial charge on any atom is 0.258 e. The first kappa shape index (κ1) is 18.2. The molecule has 5 rings (SSSR count). The maximum absolute atomic E-state index is 12.7. The van der Waals surface area contributed by atoms with Gasteiger partial charge in [0.05, 0.1) is 16.9 Å². The Hall–Kier alpha value is -2.87. The first-order chi connectivity index (χ1) is 14.1. The van der Waals surface area contributed by atoms with E-state index in [1.54, 1.807) is 18.2 Å². The van der Waals surface area contributed by atoms with Crippen LogP contribution in [0.25, 0.3) is 10.8 Å². The zero-order valence-electron chi connectivity index (χ0n) is 15.7. The molecule has 2 aromatic rings. The highest BCUT2D eigenvalue weighted by molar-refractivity contribution is 7.99. The summed E-state index contributed by atoms with van der Waals surface area (Å²) in [6, 6.07) is 6.96. The molecule has 3 aliphatic heterocycles. The summed E-state index contributed by atoms with van der Waals surface area (Å²) in [6.45, 7) is 1.54. The molecule has 3 aliphatic rings. The van der Waals surface area contributed by atoms with Gasteiger partial charge in [-0.25, -0.2) is 4.90 Å². The third-order valence-corrected chi connectivity index (χ3v) is 6.62. The number of benzene rings is 2. The number of thioether (sulfide) groups is 1. The van der Waals surface area contributed by atoms with Crippen LogP contribution in [0, 0.1) is 0 Å². The number of piperidine rings is 1. The monoisotopic (exact) mass is 409 g/mol. The van der Waals surface area contributed by atoms with Gasteiger partial charge in [-0.3, -0.25) is 24.5 Å². The number of rotatable bonds is 2. The van der Waals surface area contributed by atoms with E-state index >= 15 is 0 Å². The minimum Gasteiger partial charge on any atom is -0.368 e. The fourth-order valence-corrected chi connectivity index (χ4v) is 5.28. The van der Waals surface area contributed by atoms with E-state index in [1.807, 2.05) is 17.8 Å². The lowest BCUT2D eigenvalue weighted by Gasteiger charge is -2.36. The predicted octanol–water partition coefficient (Wildman–Crippen LogP) is 2.32. The maximum atomic E-state index is 12.7. The molecule has 29 heavy (non-hydrogen) atoms. The van der Waals surface area contributed by atoms with Crippen LogP contribution in [0.1, 0.15) is 40.0 Å². The van der Waals surface area contributed by atoms with Crippen LogP contribution in [0.5, 0.6) is 0 Å². The molecule has 0 atom stereocenters. The third-order valence-electron chi connectivity index (χ3n) is 5.68. The first-order valence-electron chi connectivity index (χ1n) is 9.70. The number of hydrogen-bond donors (Lipinski definition) is 1. The highest BCUT2D eigenvalue weighted by Crippen LogP contribution is 2.43. The number of nitrogens with one attached hydrogen (secondary N) is 1. The van der Waals surface area contributed by atoms with Crippen molar-refractivity contribution in [2.24, 2.45) is 0 Å². The normalized spacial score (nSPS) is 19.7. The number of anilines is 2. The molecule has 0 aromatic heterocycles. The number of hydrogen-bond acceptors (Lipinski definition) is 6. The Bertz CT molecular complexity index is 1080. The minimum atomic E-state index is -0.502. The van der Waals surface area contributed by atoms with Crippen LogP contribution in [-0.4, -0.2) is 48.2 Å². The fourth-order valence-electron chi connectivity index (χ4n) is 4.37. The Balaban J connectivity index is 1.84. The summed E-state index contributed by atoms with van der Waals surface area (Å²) in [5.41, 5.74) is 1.98. The van der Waals surface area contributed by atoms with Crippen LogP contribution in [0.4, 0.5) is 11.4 Å². The van der Waals surface area contributed by atoms with Gasteiger partial charge in [-0.2, -0.15) is 11.8 Å². The molecule has 0 radical (unpaired) electrons. The van der Waals surface area contributed by atoms with Gasteiger partial charge in [0.1, 0.15) is 0 Å². The van der Waals surface area contributed by atoms with Crippen LogP contribution in [-0.2, 0) is 9.59 Å². The molecule has 148 valence electrons. The number of imide groups is 2. The molecule has 0 bridgehead atoms. The second kappa shape index (κ2) is 6.88. The van der Waals surface area contributed by atoms with E-state index in [0.29, 0.717) is 41.5 Å². The zero-order chi connectivity index (χ0) is 20.1. The standard InChI is InChI=1S/C21H19N3O4S/c25-16-5-2-6-17(26)24(16)15-11-14-18-12(19(15)23-7-9-29-10-8-23)3-1-4-13(18)20(27)22-21(14)28/h1,3-4,11H,2,5-10H2,(H,22,27,28). The Kier molecular flexibility index (Phi) is 4.31. The topological polar surface area (TPSA) is 86.8 Å². The van der Waals surface area contributed by atoms with Crippen LogP contribution in [0.2, 0.25) is 0 Å². The van der Waals surface area contributed by atoms with Gasteiger partial charge >= 0.3 is 0 Å². The van der Waals surface area contributed by atoms with Gasteiger partial charge in [0.25, 0.3) is 11.8 Å². The molecule has 2 saturated heterocycles. The SMILES string of the molecule is O=C1NC(=O)c2cc(N3C(=O)CCCC3=O)c(N3CCSCC3)c3cccc1c23. The molecule has 0 unspecified atom stereocenters. The molecule has 2 aromatic carbocycles.